The van der Waals surface area contributed by atoms with Crippen LogP contribution >= 0.6 is 11.8 Å². The Balaban J connectivity index is 0.000000107. The molecule has 0 atom stereocenters. The maximum atomic E-state index is 5.81. The number of hydrogen-bond donors (Lipinski definition) is 0. The number of para-hydroxylation sites is 11. The molecule has 4 aliphatic rings. The zero-order valence-corrected chi connectivity index (χ0v) is 40.4. The molecule has 9 aromatic rings. The van der Waals surface area contributed by atoms with Crippen LogP contribution in [0.4, 0.5) is 51.2 Å². The van der Waals surface area contributed by atoms with E-state index in [1.165, 1.54) is 71.9 Å². The fourth-order valence-electron chi connectivity index (χ4n) is 9.97. The molecule has 5 nitrogen and oxygen atoms in total. The molecule has 0 amide bonds. The summed E-state index contributed by atoms with van der Waals surface area (Å²) in [5, 5.41) is 0. The zero-order valence-electron chi connectivity index (χ0n) is 39.5. The molecule has 336 valence electrons. The Hall–Kier alpha value is -7.67. The second-order valence-electron chi connectivity index (χ2n) is 17.9. The van der Waals surface area contributed by atoms with E-state index in [4.69, 9.17) is 4.74 Å². The molecule has 68 heavy (non-hydrogen) atoms. The Bertz CT molecular complexity index is 2940. The second-order valence-corrected chi connectivity index (χ2v) is 19.0. The van der Waals surface area contributed by atoms with Gasteiger partial charge in [-0.2, -0.15) is 0 Å². The van der Waals surface area contributed by atoms with E-state index in [1.807, 2.05) is 48.2 Å². The first-order valence-corrected chi connectivity index (χ1v) is 24.2. The van der Waals surface area contributed by atoms with E-state index in [9.17, 15) is 0 Å². The molecule has 0 fully saturated rings. The van der Waals surface area contributed by atoms with Gasteiger partial charge in [0.2, 0.25) is 0 Å². The summed E-state index contributed by atoms with van der Waals surface area (Å²) >= 11 is 1.84. The third-order valence-electron chi connectivity index (χ3n) is 13.5. The minimum atomic E-state index is 0.125. The molecule has 3 aliphatic heterocycles. The molecule has 0 unspecified atom stereocenters. The normalized spacial score (nSPS) is 14.0. The minimum Gasteiger partial charge on any atom is -0.453 e. The van der Waals surface area contributed by atoms with Crippen molar-refractivity contribution in [1.82, 2.24) is 0 Å². The van der Waals surface area contributed by atoms with Crippen molar-refractivity contribution in [3.63, 3.8) is 0 Å². The Kier molecular flexibility index (Phi) is 12.3. The Morgan fingerprint density at radius 2 is 0.706 bits per heavy atom. The molecule has 0 radical (unpaired) electrons. The van der Waals surface area contributed by atoms with Gasteiger partial charge in [0.25, 0.3) is 0 Å². The lowest BCUT2D eigenvalue weighted by molar-refractivity contribution is 0.475. The molecule has 6 heteroatoms. The van der Waals surface area contributed by atoms with E-state index < -0.39 is 0 Å². The number of hydrogen-bond acceptors (Lipinski definition) is 6. The smallest absolute Gasteiger partial charge is 0.151 e. The van der Waals surface area contributed by atoms with E-state index in [2.05, 4.69) is 250 Å². The number of fused-ring (bicyclic) bond motifs is 8. The third-order valence-corrected chi connectivity index (χ3v) is 14.7. The molecule has 0 saturated carbocycles. The topological polar surface area (TPSA) is 22.2 Å². The van der Waals surface area contributed by atoms with Gasteiger partial charge >= 0.3 is 0 Å². The maximum Gasteiger partial charge on any atom is 0.151 e. The molecule has 13 rings (SSSR count). The van der Waals surface area contributed by atoms with Gasteiger partial charge in [0, 0.05) is 48.0 Å². The van der Waals surface area contributed by atoms with Crippen molar-refractivity contribution < 1.29 is 4.74 Å². The largest absolute Gasteiger partial charge is 0.453 e. The molecular formula is C62H56N4OS. The lowest BCUT2D eigenvalue weighted by atomic mass is 9.66. The molecule has 0 N–H and O–H groups in total. The quantitative estimate of drug-likeness (QED) is 0.163. The van der Waals surface area contributed by atoms with Crippen LogP contribution in [0.25, 0.3) is 0 Å². The highest BCUT2D eigenvalue weighted by Crippen LogP contribution is 2.51. The van der Waals surface area contributed by atoms with Gasteiger partial charge in [-0.1, -0.05) is 172 Å². The summed E-state index contributed by atoms with van der Waals surface area (Å²) in [6.45, 7) is 6.97. The summed E-state index contributed by atoms with van der Waals surface area (Å²) in [5.74, 6) is 2.34. The highest BCUT2D eigenvalue weighted by Gasteiger charge is 2.35. The summed E-state index contributed by atoms with van der Waals surface area (Å²) in [6.07, 6.45) is 0. The van der Waals surface area contributed by atoms with Crippen LogP contribution < -0.4 is 24.3 Å². The van der Waals surface area contributed by atoms with E-state index >= 15 is 0 Å². The van der Waals surface area contributed by atoms with Crippen molar-refractivity contribution in [2.45, 2.75) is 41.9 Å². The first kappa shape index (κ1) is 44.2. The number of nitrogens with zero attached hydrogens (tertiary/aromatic N) is 4. The van der Waals surface area contributed by atoms with Crippen molar-refractivity contribution in [3.8, 4) is 11.5 Å². The van der Waals surface area contributed by atoms with Crippen molar-refractivity contribution in [3.05, 3.63) is 247 Å². The summed E-state index contributed by atoms with van der Waals surface area (Å²) < 4.78 is 5.81. The van der Waals surface area contributed by atoms with Crippen LogP contribution in [0.1, 0.15) is 48.9 Å². The van der Waals surface area contributed by atoms with Crippen molar-refractivity contribution in [2.75, 3.05) is 40.7 Å². The average molecular weight is 905 g/mol. The Labute approximate surface area is 406 Å². The van der Waals surface area contributed by atoms with Crippen molar-refractivity contribution in [2.24, 2.45) is 0 Å². The van der Waals surface area contributed by atoms with Crippen LogP contribution in [0.2, 0.25) is 0 Å². The van der Waals surface area contributed by atoms with Gasteiger partial charge in [-0.05, 0) is 107 Å². The number of ether oxygens (including phenoxy) is 1. The van der Waals surface area contributed by atoms with Crippen LogP contribution in [0, 0.1) is 0 Å². The number of rotatable bonds is 1. The molecular weight excluding hydrogens is 849 g/mol. The summed E-state index contributed by atoms with van der Waals surface area (Å²) in [5.41, 5.74) is 16.9. The third kappa shape index (κ3) is 8.26. The van der Waals surface area contributed by atoms with Crippen molar-refractivity contribution >= 4 is 62.9 Å². The first-order chi connectivity index (χ1) is 33.2. The molecule has 1 aliphatic carbocycles. The van der Waals surface area contributed by atoms with Gasteiger partial charge in [0.05, 0.1) is 45.5 Å². The minimum absolute atomic E-state index is 0.125. The summed E-state index contributed by atoms with van der Waals surface area (Å²) in [4.78, 5) is 11.6. The highest BCUT2D eigenvalue weighted by molar-refractivity contribution is 7.99. The van der Waals surface area contributed by atoms with Gasteiger partial charge in [0.1, 0.15) is 0 Å². The molecule has 9 aromatic carbocycles. The Morgan fingerprint density at radius 3 is 1.19 bits per heavy atom. The van der Waals surface area contributed by atoms with Crippen LogP contribution in [0.3, 0.4) is 0 Å². The van der Waals surface area contributed by atoms with E-state index in [-0.39, 0.29) is 5.41 Å². The zero-order chi connectivity index (χ0) is 46.8. The van der Waals surface area contributed by atoms with Gasteiger partial charge in [0.15, 0.2) is 11.5 Å². The van der Waals surface area contributed by atoms with Gasteiger partial charge in [-0.15, -0.1) is 0 Å². The van der Waals surface area contributed by atoms with Gasteiger partial charge in [-0.3, -0.25) is 0 Å². The van der Waals surface area contributed by atoms with Crippen LogP contribution in [-0.4, -0.2) is 21.1 Å². The standard InChI is InChI=1S/C19H16N2.C17H18.C13H11NO.C13H11NS/c1-20-16-11-5-7-13-18(16)21(15-9-3-2-4-10-15)19-14-8-6-12-17(19)20;1-12-13-8-4-6-10-15(13)17(2,3)16-11-7-5-9-14(12)16;2*1-14-10-6-2-4-8-12(10)15-13-9-5-3-7-11(13)14/h2-14H,1H3;4-12H,1-3H3;2*2-9H,1H3. The molecule has 0 saturated heterocycles. The van der Waals surface area contributed by atoms with Crippen LogP contribution in [0.15, 0.2) is 234 Å². The van der Waals surface area contributed by atoms with Crippen LogP contribution in [0.5, 0.6) is 11.5 Å². The molecule has 3 heterocycles. The maximum absolute atomic E-state index is 5.81. The summed E-state index contributed by atoms with van der Waals surface area (Å²) in [6, 6.07) is 78.4. The van der Waals surface area contributed by atoms with Crippen molar-refractivity contribution in [1.29, 1.82) is 0 Å². The summed E-state index contributed by atoms with van der Waals surface area (Å²) in [7, 11) is 6.30. The first-order valence-electron chi connectivity index (χ1n) is 23.4. The fraction of sp³-hybridized carbons (Fsp3) is 0.129. The van der Waals surface area contributed by atoms with E-state index in [0.29, 0.717) is 5.92 Å². The highest BCUT2D eigenvalue weighted by atomic mass is 32.2. The molecule has 0 spiro atoms. The fourth-order valence-corrected chi connectivity index (χ4v) is 11.1. The SMILES string of the molecule is CC1c2ccccc2C(C)(C)c2ccccc21.CN1c2ccccc2N(c2ccccc2)c2ccccc21.CN1c2ccccc2Oc2ccccc21.CN1c2ccccc2Sc2ccccc21. The second kappa shape index (κ2) is 18.9. The lowest BCUT2D eigenvalue weighted by Gasteiger charge is -2.38. The van der Waals surface area contributed by atoms with Gasteiger partial charge < -0.3 is 24.3 Å². The predicted molar refractivity (Wildman–Crippen MR) is 288 cm³/mol. The predicted octanol–water partition coefficient (Wildman–Crippen LogP) is 17.2. The number of benzene rings is 9. The van der Waals surface area contributed by atoms with Crippen LogP contribution in [-0.2, 0) is 5.41 Å². The van der Waals surface area contributed by atoms with E-state index in [1.54, 1.807) is 0 Å². The number of anilines is 9. The molecule has 0 aromatic heterocycles. The molecule has 0 bridgehead atoms. The monoisotopic (exact) mass is 904 g/mol. The van der Waals surface area contributed by atoms with E-state index in [0.717, 1.165) is 22.9 Å². The average Bonchev–Trinajstić information content (AvgIpc) is 3.39. The Morgan fingerprint density at radius 1 is 0.368 bits per heavy atom. The van der Waals surface area contributed by atoms with Gasteiger partial charge in [-0.25, -0.2) is 0 Å². The lowest BCUT2D eigenvalue weighted by Crippen LogP contribution is -2.28.